The number of ether oxygens (including phenoxy) is 1. The third-order valence-electron chi connectivity index (χ3n) is 7.13. The van der Waals surface area contributed by atoms with Gasteiger partial charge in [0.15, 0.2) is 0 Å². The molecule has 0 saturated heterocycles. The van der Waals surface area contributed by atoms with Crippen molar-refractivity contribution in [3.63, 3.8) is 0 Å². The molecule has 2 amide bonds. The summed E-state index contributed by atoms with van der Waals surface area (Å²) in [5, 5.41) is 9.17. The number of hydrazone groups is 1. The molecule has 1 heterocycles. The highest BCUT2D eigenvalue weighted by Crippen LogP contribution is 2.28. The zero-order valence-corrected chi connectivity index (χ0v) is 26.5. The Hall–Kier alpha value is -3.81. The number of aromatic nitrogens is 1. The van der Waals surface area contributed by atoms with Gasteiger partial charge in [0.2, 0.25) is 5.91 Å². The van der Waals surface area contributed by atoms with E-state index >= 15 is 0 Å². The van der Waals surface area contributed by atoms with Gasteiger partial charge in [0.05, 0.1) is 17.8 Å². The van der Waals surface area contributed by atoms with E-state index in [1.807, 2.05) is 26.0 Å². The summed E-state index contributed by atoms with van der Waals surface area (Å²) in [7, 11) is 0. The van der Waals surface area contributed by atoms with Crippen LogP contribution in [-0.2, 0) is 16.1 Å². The Labute approximate surface area is 263 Å². The number of hydrogen-bond acceptors (Lipinski definition) is 4. The van der Waals surface area contributed by atoms with E-state index in [0.717, 1.165) is 28.7 Å². The van der Waals surface area contributed by atoms with Crippen LogP contribution in [-0.4, -0.2) is 35.2 Å². The molecule has 4 aromatic rings. The van der Waals surface area contributed by atoms with Gasteiger partial charge in [-0.2, -0.15) is 5.10 Å². The molecule has 1 atom stereocenters. The van der Waals surface area contributed by atoms with Crippen molar-refractivity contribution in [2.75, 3.05) is 6.61 Å². The number of rotatable bonds is 13. The summed E-state index contributed by atoms with van der Waals surface area (Å²) in [5.41, 5.74) is 8.18. The summed E-state index contributed by atoms with van der Waals surface area (Å²) >= 11 is 12.1. The van der Waals surface area contributed by atoms with Crippen LogP contribution in [0.1, 0.15) is 55.5 Å². The number of halogens is 2. The average molecular weight is 622 g/mol. The number of para-hydroxylation sites is 1. The highest BCUT2D eigenvalue weighted by Gasteiger charge is 2.22. The number of amides is 2. The smallest absolute Gasteiger partial charge is 0.262 e. The van der Waals surface area contributed by atoms with Gasteiger partial charge < -0.3 is 14.6 Å². The maximum atomic E-state index is 13.1. The highest BCUT2D eigenvalue weighted by atomic mass is 35.5. The van der Waals surface area contributed by atoms with Crippen molar-refractivity contribution >= 4 is 52.1 Å². The first kappa shape index (κ1) is 32.1. The second kappa shape index (κ2) is 15.1. The molecule has 7 nitrogen and oxygen atoms in total. The minimum atomic E-state index is -0.708. The standard InChI is InChI=1S/C34H38Cl2N4O3/c1-22(2)17-30(38-33(41)13-8-16-43-32-15-14-26(35)19-29(32)36)34(42)39-37-20-28-24(4)40(31-12-6-5-11-27(28)31)21-25-10-7-9-23(3)18-25/h5-7,9-12,14-15,18-20,22,30H,8,13,16-17,21H2,1-4H3,(H,38,41)(H,39,42)/b37-20-/t30-/m0/s1. The molecule has 0 fully saturated rings. The molecule has 0 bridgehead atoms. The SMILES string of the molecule is Cc1cccc(Cn2c(C)c(/C=N\NC(=O)[C@H](CC(C)C)NC(=O)CCCOc3ccc(Cl)cc3Cl)c3ccccc32)c1. The van der Waals surface area contributed by atoms with Crippen LogP contribution in [0.4, 0.5) is 0 Å². The van der Waals surface area contributed by atoms with Crippen molar-refractivity contribution in [1.82, 2.24) is 15.3 Å². The van der Waals surface area contributed by atoms with Gasteiger partial charge in [-0.25, -0.2) is 5.43 Å². The summed E-state index contributed by atoms with van der Waals surface area (Å²) in [6, 6.07) is 20.9. The van der Waals surface area contributed by atoms with Crippen LogP contribution in [0, 0.1) is 19.8 Å². The van der Waals surface area contributed by atoms with Gasteiger partial charge in [0.1, 0.15) is 11.8 Å². The van der Waals surface area contributed by atoms with E-state index in [0.29, 0.717) is 35.2 Å². The topological polar surface area (TPSA) is 84.7 Å². The lowest BCUT2D eigenvalue weighted by Gasteiger charge is -2.19. The normalized spacial score (nSPS) is 12.2. The van der Waals surface area contributed by atoms with Crippen LogP contribution in [0.5, 0.6) is 5.75 Å². The molecule has 0 radical (unpaired) electrons. The molecule has 4 rings (SSSR count). The number of benzene rings is 3. The molecular formula is C34H38Cl2N4O3. The van der Waals surface area contributed by atoms with Crippen molar-refractivity contribution < 1.29 is 14.3 Å². The van der Waals surface area contributed by atoms with E-state index in [1.165, 1.54) is 11.1 Å². The number of fused-ring (bicyclic) bond motifs is 1. The van der Waals surface area contributed by atoms with Gasteiger partial charge in [-0.3, -0.25) is 9.59 Å². The van der Waals surface area contributed by atoms with Gasteiger partial charge in [-0.05, 0) is 62.4 Å². The lowest BCUT2D eigenvalue weighted by Crippen LogP contribution is -2.46. The van der Waals surface area contributed by atoms with Crippen LogP contribution in [0.2, 0.25) is 10.0 Å². The fourth-order valence-electron chi connectivity index (χ4n) is 5.03. The largest absolute Gasteiger partial charge is 0.492 e. The van der Waals surface area contributed by atoms with E-state index in [2.05, 4.69) is 70.7 Å². The van der Waals surface area contributed by atoms with Crippen molar-refractivity contribution in [1.29, 1.82) is 0 Å². The predicted molar refractivity (Wildman–Crippen MR) is 175 cm³/mol. The van der Waals surface area contributed by atoms with Crippen molar-refractivity contribution in [2.45, 2.75) is 59.5 Å². The molecule has 0 saturated carbocycles. The number of aryl methyl sites for hydroxylation is 1. The maximum absolute atomic E-state index is 13.1. The zero-order chi connectivity index (χ0) is 30.9. The van der Waals surface area contributed by atoms with E-state index in [4.69, 9.17) is 27.9 Å². The van der Waals surface area contributed by atoms with Crippen LogP contribution in [0.3, 0.4) is 0 Å². The molecule has 0 unspecified atom stereocenters. The lowest BCUT2D eigenvalue weighted by atomic mass is 10.0. The molecule has 0 spiro atoms. The number of nitrogens with zero attached hydrogens (tertiary/aromatic N) is 2. The van der Waals surface area contributed by atoms with E-state index in [9.17, 15) is 9.59 Å². The highest BCUT2D eigenvalue weighted by molar-refractivity contribution is 6.35. The monoisotopic (exact) mass is 620 g/mol. The summed E-state index contributed by atoms with van der Waals surface area (Å²) in [5.74, 6) is 0.112. The van der Waals surface area contributed by atoms with E-state index in [-0.39, 0.29) is 24.2 Å². The third kappa shape index (κ3) is 8.85. The zero-order valence-electron chi connectivity index (χ0n) is 25.0. The molecule has 226 valence electrons. The molecule has 0 aliphatic rings. The van der Waals surface area contributed by atoms with Crippen LogP contribution in [0.25, 0.3) is 10.9 Å². The Kier molecular flexibility index (Phi) is 11.3. The molecule has 9 heteroatoms. The van der Waals surface area contributed by atoms with Gasteiger partial charge in [0, 0.05) is 40.1 Å². The first-order chi connectivity index (χ1) is 20.6. The fourth-order valence-corrected chi connectivity index (χ4v) is 5.50. The van der Waals surface area contributed by atoms with Crippen molar-refractivity contribution in [2.24, 2.45) is 11.0 Å². The number of carbonyl (C=O) groups is 2. The Bertz CT molecular complexity index is 1610. The summed E-state index contributed by atoms with van der Waals surface area (Å²) < 4.78 is 7.93. The number of carbonyl (C=O) groups excluding carboxylic acids is 2. The Morgan fingerprint density at radius 1 is 1.02 bits per heavy atom. The minimum absolute atomic E-state index is 0.192. The molecule has 2 N–H and O–H groups in total. The maximum Gasteiger partial charge on any atom is 0.262 e. The van der Waals surface area contributed by atoms with Crippen LogP contribution in [0.15, 0.2) is 71.8 Å². The Morgan fingerprint density at radius 3 is 2.56 bits per heavy atom. The first-order valence-corrected chi connectivity index (χ1v) is 15.2. The summed E-state index contributed by atoms with van der Waals surface area (Å²) in [4.78, 5) is 25.8. The number of nitrogens with one attached hydrogen (secondary N) is 2. The molecular weight excluding hydrogens is 583 g/mol. The van der Waals surface area contributed by atoms with Crippen molar-refractivity contribution in [3.05, 3.63) is 99.2 Å². The minimum Gasteiger partial charge on any atom is -0.492 e. The summed E-state index contributed by atoms with van der Waals surface area (Å²) in [6.45, 7) is 9.20. The van der Waals surface area contributed by atoms with Crippen LogP contribution >= 0.6 is 23.2 Å². The fraction of sp³-hybridized carbons (Fsp3) is 0.324. The van der Waals surface area contributed by atoms with Gasteiger partial charge in [0.25, 0.3) is 5.91 Å². The Morgan fingerprint density at radius 2 is 1.81 bits per heavy atom. The van der Waals surface area contributed by atoms with Gasteiger partial charge in [-0.1, -0.05) is 85.1 Å². The molecule has 3 aromatic carbocycles. The number of hydrogen-bond donors (Lipinski definition) is 2. The third-order valence-corrected chi connectivity index (χ3v) is 7.66. The molecule has 1 aromatic heterocycles. The first-order valence-electron chi connectivity index (χ1n) is 14.5. The lowest BCUT2D eigenvalue weighted by molar-refractivity contribution is -0.129. The predicted octanol–water partition coefficient (Wildman–Crippen LogP) is 7.45. The van der Waals surface area contributed by atoms with E-state index < -0.39 is 6.04 Å². The quantitative estimate of drug-likeness (QED) is 0.0924. The summed E-state index contributed by atoms with van der Waals surface area (Å²) in [6.07, 6.45) is 2.84. The van der Waals surface area contributed by atoms with Crippen molar-refractivity contribution in [3.8, 4) is 5.75 Å². The molecule has 0 aliphatic heterocycles. The van der Waals surface area contributed by atoms with E-state index in [1.54, 1.807) is 24.4 Å². The van der Waals surface area contributed by atoms with Crippen LogP contribution < -0.4 is 15.5 Å². The molecule has 43 heavy (non-hydrogen) atoms. The second-order valence-corrected chi connectivity index (χ2v) is 11.9. The van der Waals surface area contributed by atoms with Gasteiger partial charge >= 0.3 is 0 Å². The second-order valence-electron chi connectivity index (χ2n) is 11.1. The molecule has 0 aliphatic carbocycles. The van der Waals surface area contributed by atoms with Gasteiger partial charge in [-0.15, -0.1) is 0 Å². The average Bonchev–Trinajstić information content (AvgIpc) is 3.21. The Balaban J connectivity index is 1.38.